The third kappa shape index (κ3) is 7.76. The van der Waals surface area contributed by atoms with Crippen LogP contribution in [-0.2, 0) is 9.53 Å². The third-order valence-electron chi connectivity index (χ3n) is 7.27. The van der Waals surface area contributed by atoms with E-state index in [2.05, 4.69) is 26.1 Å². The summed E-state index contributed by atoms with van der Waals surface area (Å²) in [6.07, 6.45) is 5.41. The van der Waals surface area contributed by atoms with Gasteiger partial charge in [-0.2, -0.15) is 0 Å². The maximum absolute atomic E-state index is 13.9. The molecule has 0 bridgehead atoms. The first-order valence-corrected chi connectivity index (χ1v) is 15.3. The Morgan fingerprint density at radius 1 is 1.10 bits per heavy atom. The van der Waals surface area contributed by atoms with Gasteiger partial charge in [0.15, 0.2) is 0 Å². The molecule has 1 amide bonds. The van der Waals surface area contributed by atoms with E-state index >= 15 is 0 Å². The van der Waals surface area contributed by atoms with Crippen LogP contribution in [0.4, 0.5) is 5.82 Å². The summed E-state index contributed by atoms with van der Waals surface area (Å²) < 4.78 is 6.42. The molecule has 0 aliphatic carbocycles. The van der Waals surface area contributed by atoms with Crippen molar-refractivity contribution in [1.29, 1.82) is 0 Å². The van der Waals surface area contributed by atoms with E-state index in [1.54, 1.807) is 0 Å². The van der Waals surface area contributed by atoms with Crippen LogP contribution in [0.2, 0.25) is 5.02 Å². The zero-order valence-electron chi connectivity index (χ0n) is 23.9. The Balaban J connectivity index is 1.63. The van der Waals surface area contributed by atoms with Crippen molar-refractivity contribution < 1.29 is 14.3 Å². The smallest absolute Gasteiger partial charge is 0.306 e. The number of hydrogen-bond donors (Lipinski definition) is 1. The van der Waals surface area contributed by atoms with E-state index in [0.717, 1.165) is 58.3 Å². The van der Waals surface area contributed by atoms with Gasteiger partial charge in [0.1, 0.15) is 11.4 Å². The van der Waals surface area contributed by atoms with Crippen molar-refractivity contribution in [2.45, 2.75) is 77.7 Å². The van der Waals surface area contributed by atoms with Crippen LogP contribution in [-0.4, -0.2) is 42.1 Å². The summed E-state index contributed by atoms with van der Waals surface area (Å²) in [5.74, 6) is 0.303. The van der Waals surface area contributed by atoms with Crippen LogP contribution in [0.25, 0.3) is 10.9 Å². The molecule has 8 heteroatoms. The van der Waals surface area contributed by atoms with E-state index in [4.69, 9.17) is 21.3 Å². The number of benzene rings is 2. The summed E-state index contributed by atoms with van der Waals surface area (Å²) in [6.45, 7) is 9.79. The van der Waals surface area contributed by atoms with Crippen molar-refractivity contribution in [1.82, 2.24) is 10.3 Å². The number of nitrogens with one attached hydrogen (secondary N) is 1. The lowest BCUT2D eigenvalue weighted by Crippen LogP contribution is -2.31. The fourth-order valence-corrected chi connectivity index (χ4v) is 6.01. The molecule has 3 aromatic rings. The third-order valence-corrected chi connectivity index (χ3v) is 8.11. The summed E-state index contributed by atoms with van der Waals surface area (Å²) in [6, 6.07) is 13.5. The highest BCUT2D eigenvalue weighted by molar-refractivity contribution is 9.10. The first-order chi connectivity index (χ1) is 19.0. The quantitative estimate of drug-likeness (QED) is 0.256. The lowest BCUT2D eigenvalue weighted by molar-refractivity contribution is -0.155. The normalized spacial score (nSPS) is 15.0. The second-order valence-corrected chi connectivity index (χ2v) is 12.9. The Kier molecular flexibility index (Phi) is 10.1. The Bertz CT molecular complexity index is 1360. The standard InChI is InChI=1S/C32H39BrClN3O3/c1-21-29(25-19-23(33)14-15-27(25)36-30(21)37-17-9-5-6-10-18-37)31(39)35-20-22(24-11-7-8-12-26(24)34)13-16-28(38)40-32(2,3)4/h7-8,11-12,14-15,19,22H,5-6,9-10,13,16-18,20H2,1-4H3,(H,35,39). The van der Waals surface area contributed by atoms with Crippen molar-refractivity contribution in [3.63, 3.8) is 0 Å². The largest absolute Gasteiger partial charge is 0.460 e. The molecule has 214 valence electrons. The highest BCUT2D eigenvalue weighted by Crippen LogP contribution is 2.32. The van der Waals surface area contributed by atoms with Gasteiger partial charge in [0.2, 0.25) is 0 Å². The number of aromatic nitrogens is 1. The van der Waals surface area contributed by atoms with E-state index in [1.165, 1.54) is 12.8 Å². The Hall–Kier alpha value is -2.64. The second kappa shape index (κ2) is 13.3. The second-order valence-electron chi connectivity index (χ2n) is 11.6. The van der Waals surface area contributed by atoms with Crippen LogP contribution in [0.5, 0.6) is 0 Å². The number of pyridine rings is 1. The molecule has 2 heterocycles. The summed E-state index contributed by atoms with van der Waals surface area (Å²) in [5, 5.41) is 4.61. The SMILES string of the molecule is Cc1c(N2CCCCCC2)nc2ccc(Br)cc2c1C(=O)NCC(CCC(=O)OC(C)(C)C)c1ccccc1Cl. The number of carbonyl (C=O) groups excluding carboxylic acids is 2. The first kappa shape index (κ1) is 30.3. The molecule has 2 aromatic carbocycles. The zero-order valence-corrected chi connectivity index (χ0v) is 26.2. The van der Waals surface area contributed by atoms with Gasteiger partial charge in [0.25, 0.3) is 5.91 Å². The van der Waals surface area contributed by atoms with Crippen LogP contribution in [0.3, 0.4) is 0 Å². The lowest BCUT2D eigenvalue weighted by atomic mass is 9.93. The van der Waals surface area contributed by atoms with Crippen LogP contribution < -0.4 is 10.2 Å². The highest BCUT2D eigenvalue weighted by atomic mass is 79.9. The predicted molar refractivity (Wildman–Crippen MR) is 166 cm³/mol. The van der Waals surface area contributed by atoms with Gasteiger partial charge < -0.3 is 15.0 Å². The average Bonchev–Trinajstić information content (AvgIpc) is 3.17. The van der Waals surface area contributed by atoms with Crippen LogP contribution >= 0.6 is 27.5 Å². The molecular weight excluding hydrogens is 590 g/mol. The van der Waals surface area contributed by atoms with E-state index in [9.17, 15) is 9.59 Å². The molecule has 1 aromatic heterocycles. The molecule has 0 spiro atoms. The monoisotopic (exact) mass is 627 g/mol. The molecule has 40 heavy (non-hydrogen) atoms. The number of rotatable bonds is 8. The van der Waals surface area contributed by atoms with Crippen LogP contribution in [0, 0.1) is 6.92 Å². The maximum Gasteiger partial charge on any atom is 0.306 e. The highest BCUT2D eigenvalue weighted by Gasteiger charge is 2.25. The fraction of sp³-hybridized carbons (Fsp3) is 0.469. The molecule has 4 rings (SSSR count). The van der Waals surface area contributed by atoms with Crippen molar-refractivity contribution in [2.75, 3.05) is 24.5 Å². The van der Waals surface area contributed by atoms with Gasteiger partial charge in [0, 0.05) is 52.4 Å². The number of ether oxygens (including phenoxy) is 1. The predicted octanol–water partition coefficient (Wildman–Crippen LogP) is 7.98. The molecule has 1 fully saturated rings. The van der Waals surface area contributed by atoms with Crippen LogP contribution in [0.15, 0.2) is 46.9 Å². The summed E-state index contributed by atoms with van der Waals surface area (Å²) in [7, 11) is 0. The Morgan fingerprint density at radius 3 is 2.48 bits per heavy atom. The minimum absolute atomic E-state index is 0.157. The molecule has 1 aliphatic heterocycles. The Labute approximate surface area is 251 Å². The average molecular weight is 629 g/mol. The fourth-order valence-electron chi connectivity index (χ4n) is 5.36. The molecule has 1 atom stereocenters. The number of fused-ring (bicyclic) bond motifs is 1. The maximum atomic E-state index is 13.9. The molecule has 1 aliphatic rings. The van der Waals surface area contributed by atoms with E-state index in [-0.39, 0.29) is 24.2 Å². The number of carbonyl (C=O) groups is 2. The molecule has 1 saturated heterocycles. The van der Waals surface area contributed by atoms with E-state index in [0.29, 0.717) is 23.6 Å². The van der Waals surface area contributed by atoms with E-state index in [1.807, 2.05) is 70.2 Å². The minimum atomic E-state index is -0.551. The van der Waals surface area contributed by atoms with Crippen molar-refractivity contribution >= 4 is 56.1 Å². The van der Waals surface area contributed by atoms with Crippen molar-refractivity contribution in [3.8, 4) is 0 Å². The first-order valence-electron chi connectivity index (χ1n) is 14.1. The number of anilines is 1. The van der Waals surface area contributed by atoms with Gasteiger partial charge in [-0.25, -0.2) is 4.98 Å². The number of amides is 1. The summed E-state index contributed by atoms with van der Waals surface area (Å²) in [5.41, 5.74) is 2.66. The number of halogens is 2. The molecule has 1 unspecified atom stereocenters. The van der Waals surface area contributed by atoms with Crippen LogP contribution in [0.1, 0.15) is 86.7 Å². The van der Waals surface area contributed by atoms with Gasteiger partial charge in [0.05, 0.1) is 11.1 Å². The minimum Gasteiger partial charge on any atom is -0.460 e. The summed E-state index contributed by atoms with van der Waals surface area (Å²) >= 11 is 10.1. The van der Waals surface area contributed by atoms with E-state index < -0.39 is 5.60 Å². The van der Waals surface area contributed by atoms with Gasteiger partial charge in [-0.1, -0.05) is 58.6 Å². The molecular formula is C32H39BrClN3O3. The van der Waals surface area contributed by atoms with Gasteiger partial charge in [-0.05, 0) is 76.8 Å². The van der Waals surface area contributed by atoms with Gasteiger partial charge in [-0.3, -0.25) is 9.59 Å². The topological polar surface area (TPSA) is 71.5 Å². The number of esters is 1. The number of nitrogens with zero attached hydrogens (tertiary/aromatic N) is 2. The van der Waals surface area contributed by atoms with Gasteiger partial charge in [-0.15, -0.1) is 0 Å². The number of hydrogen-bond acceptors (Lipinski definition) is 5. The molecule has 1 N–H and O–H groups in total. The Morgan fingerprint density at radius 2 is 1.80 bits per heavy atom. The summed E-state index contributed by atoms with van der Waals surface area (Å²) in [4.78, 5) is 33.8. The van der Waals surface area contributed by atoms with Crippen molar-refractivity contribution in [2.24, 2.45) is 0 Å². The lowest BCUT2D eigenvalue weighted by Gasteiger charge is -2.26. The molecule has 0 radical (unpaired) electrons. The zero-order chi connectivity index (χ0) is 28.9. The van der Waals surface area contributed by atoms with Gasteiger partial charge >= 0.3 is 5.97 Å². The molecule has 0 saturated carbocycles. The van der Waals surface area contributed by atoms with Crippen molar-refractivity contribution in [3.05, 3.63) is 68.7 Å². The molecule has 6 nitrogen and oxygen atoms in total.